The lowest BCUT2D eigenvalue weighted by molar-refractivity contribution is -0.136. The van der Waals surface area contributed by atoms with Gasteiger partial charge >= 0.3 is 5.97 Å². The molecule has 0 saturated heterocycles. The minimum Gasteiger partial charge on any atom is -0.481 e. The number of rotatable bonds is 6. The van der Waals surface area contributed by atoms with E-state index in [1.165, 1.54) is 16.8 Å². The van der Waals surface area contributed by atoms with Crippen molar-refractivity contribution in [2.75, 3.05) is 18.0 Å². The van der Waals surface area contributed by atoms with Crippen LogP contribution in [-0.4, -0.2) is 24.2 Å². The van der Waals surface area contributed by atoms with Gasteiger partial charge in [-0.25, -0.2) is 0 Å². The molecule has 0 amide bonds. The molecule has 1 N–H and O–H groups in total. The van der Waals surface area contributed by atoms with E-state index in [9.17, 15) is 4.79 Å². The first-order valence-corrected chi connectivity index (χ1v) is 6.15. The summed E-state index contributed by atoms with van der Waals surface area (Å²) in [6, 6.07) is 6.26. The number of nitrogens with zero attached hydrogens (tertiary/aromatic N) is 1. The zero-order valence-corrected chi connectivity index (χ0v) is 10.9. The van der Waals surface area contributed by atoms with E-state index in [-0.39, 0.29) is 6.42 Å². The van der Waals surface area contributed by atoms with Gasteiger partial charge in [-0.15, -0.1) is 0 Å². The summed E-state index contributed by atoms with van der Waals surface area (Å²) in [4.78, 5) is 12.8. The number of aliphatic carboxylic acids is 1. The van der Waals surface area contributed by atoms with Gasteiger partial charge < -0.3 is 10.0 Å². The monoisotopic (exact) mass is 235 g/mol. The van der Waals surface area contributed by atoms with Gasteiger partial charge in [0, 0.05) is 18.8 Å². The lowest BCUT2D eigenvalue weighted by Gasteiger charge is -2.27. The predicted octanol–water partition coefficient (Wildman–Crippen LogP) is 2.86. The third-order valence-corrected chi connectivity index (χ3v) is 3.00. The highest BCUT2D eigenvalue weighted by Gasteiger charge is 2.12. The fraction of sp³-hybridized carbons (Fsp3) is 0.500. The molecule has 0 spiro atoms. The van der Waals surface area contributed by atoms with E-state index >= 15 is 0 Å². The topological polar surface area (TPSA) is 40.5 Å². The van der Waals surface area contributed by atoms with Gasteiger partial charge in [0.2, 0.25) is 0 Å². The van der Waals surface area contributed by atoms with Crippen molar-refractivity contribution in [3.63, 3.8) is 0 Å². The third kappa shape index (κ3) is 3.48. The van der Waals surface area contributed by atoms with Crippen LogP contribution in [0.5, 0.6) is 0 Å². The molecule has 94 valence electrons. The summed E-state index contributed by atoms with van der Waals surface area (Å²) < 4.78 is 0. The number of hydrogen-bond donors (Lipinski definition) is 1. The fourth-order valence-corrected chi connectivity index (χ4v) is 2.12. The number of anilines is 1. The molecule has 1 aromatic rings. The van der Waals surface area contributed by atoms with Crippen LogP contribution in [-0.2, 0) is 11.2 Å². The average Bonchev–Trinajstić information content (AvgIpc) is 2.31. The number of hydrogen-bond acceptors (Lipinski definition) is 2. The molecule has 0 aliphatic carbocycles. The quantitative estimate of drug-likeness (QED) is 0.824. The summed E-state index contributed by atoms with van der Waals surface area (Å²) in [5.74, 6) is -0.741. The van der Waals surface area contributed by atoms with Gasteiger partial charge in [-0.2, -0.15) is 0 Å². The molecule has 3 nitrogen and oxygen atoms in total. The molecule has 17 heavy (non-hydrogen) atoms. The normalized spacial score (nSPS) is 10.3. The van der Waals surface area contributed by atoms with E-state index in [0.717, 1.165) is 13.0 Å². The number of carbonyl (C=O) groups is 1. The summed E-state index contributed by atoms with van der Waals surface area (Å²) in [6.07, 6.45) is 1.16. The van der Waals surface area contributed by atoms with Gasteiger partial charge in [-0.05, 0) is 31.4 Å². The molecule has 0 atom stereocenters. The lowest BCUT2D eigenvalue weighted by Crippen LogP contribution is -2.27. The van der Waals surface area contributed by atoms with Gasteiger partial charge in [-0.3, -0.25) is 4.79 Å². The Morgan fingerprint density at radius 1 is 1.35 bits per heavy atom. The molecule has 0 aromatic heterocycles. The second-order valence-corrected chi connectivity index (χ2v) is 4.16. The zero-order valence-electron chi connectivity index (χ0n) is 10.9. The van der Waals surface area contributed by atoms with Crippen molar-refractivity contribution in [3.8, 4) is 0 Å². The molecule has 1 aromatic carbocycles. The molecule has 0 saturated carbocycles. The Labute approximate surface area is 103 Å². The maximum atomic E-state index is 10.7. The number of carboxylic acid groups (broad SMARTS) is 1. The summed E-state index contributed by atoms with van der Waals surface area (Å²) in [5, 5.41) is 8.77. The minimum atomic E-state index is -0.741. The van der Waals surface area contributed by atoms with Crippen LogP contribution in [0.4, 0.5) is 5.69 Å². The molecule has 3 heteroatoms. The van der Waals surface area contributed by atoms with E-state index < -0.39 is 5.97 Å². The van der Waals surface area contributed by atoms with Crippen LogP contribution in [0.2, 0.25) is 0 Å². The molecule has 0 unspecified atom stereocenters. The van der Waals surface area contributed by atoms with Crippen LogP contribution in [0, 0.1) is 6.92 Å². The Balaban J connectivity index is 2.97. The lowest BCUT2D eigenvalue weighted by atomic mass is 10.0. The van der Waals surface area contributed by atoms with Gasteiger partial charge in [-0.1, -0.05) is 25.1 Å². The molecular formula is C14H21NO2. The Bertz CT molecular complexity index is 388. The molecule has 0 aliphatic heterocycles. The SMILES string of the molecule is CCc1cccc(C)c1N(CC)CCC(=O)O. The van der Waals surface area contributed by atoms with Gasteiger partial charge in [0.05, 0.1) is 6.42 Å². The predicted molar refractivity (Wildman–Crippen MR) is 70.7 cm³/mol. The van der Waals surface area contributed by atoms with Crippen molar-refractivity contribution in [1.82, 2.24) is 0 Å². The number of para-hydroxylation sites is 1. The Hall–Kier alpha value is -1.51. The summed E-state index contributed by atoms with van der Waals surface area (Å²) in [5.41, 5.74) is 3.72. The standard InChI is InChI=1S/C14H21NO2/c1-4-12-8-6-7-11(3)14(12)15(5-2)10-9-13(16)17/h6-8H,4-5,9-10H2,1-3H3,(H,16,17). The molecule has 0 fully saturated rings. The van der Waals surface area contributed by atoms with E-state index in [1.807, 2.05) is 0 Å². The van der Waals surface area contributed by atoms with Crippen LogP contribution < -0.4 is 4.90 Å². The van der Waals surface area contributed by atoms with Crippen molar-refractivity contribution < 1.29 is 9.90 Å². The smallest absolute Gasteiger partial charge is 0.305 e. The summed E-state index contributed by atoms with van der Waals surface area (Å²) >= 11 is 0. The van der Waals surface area contributed by atoms with E-state index in [2.05, 4.69) is 43.9 Å². The van der Waals surface area contributed by atoms with Crippen molar-refractivity contribution >= 4 is 11.7 Å². The largest absolute Gasteiger partial charge is 0.481 e. The highest BCUT2D eigenvalue weighted by molar-refractivity contribution is 5.68. The number of carboxylic acids is 1. The molecule has 1 rings (SSSR count). The van der Waals surface area contributed by atoms with E-state index in [4.69, 9.17) is 5.11 Å². The third-order valence-electron chi connectivity index (χ3n) is 3.00. The Kier molecular flexibility index (Phi) is 5.01. The van der Waals surface area contributed by atoms with Crippen LogP contribution in [0.1, 0.15) is 31.4 Å². The maximum Gasteiger partial charge on any atom is 0.305 e. The molecular weight excluding hydrogens is 214 g/mol. The highest BCUT2D eigenvalue weighted by atomic mass is 16.4. The molecule has 0 aliphatic rings. The first-order valence-electron chi connectivity index (χ1n) is 6.15. The number of aryl methyl sites for hydroxylation is 2. The highest BCUT2D eigenvalue weighted by Crippen LogP contribution is 2.25. The Morgan fingerprint density at radius 3 is 2.59 bits per heavy atom. The van der Waals surface area contributed by atoms with Crippen molar-refractivity contribution in [1.29, 1.82) is 0 Å². The van der Waals surface area contributed by atoms with Gasteiger partial charge in [0.15, 0.2) is 0 Å². The van der Waals surface area contributed by atoms with Crippen LogP contribution in [0.3, 0.4) is 0 Å². The van der Waals surface area contributed by atoms with E-state index in [1.54, 1.807) is 0 Å². The average molecular weight is 235 g/mol. The van der Waals surface area contributed by atoms with Crippen LogP contribution in [0.25, 0.3) is 0 Å². The van der Waals surface area contributed by atoms with Crippen molar-refractivity contribution in [2.24, 2.45) is 0 Å². The second kappa shape index (κ2) is 6.28. The summed E-state index contributed by atoms with van der Waals surface area (Å²) in [7, 11) is 0. The van der Waals surface area contributed by atoms with Crippen LogP contribution in [0.15, 0.2) is 18.2 Å². The Morgan fingerprint density at radius 2 is 2.06 bits per heavy atom. The molecule has 0 heterocycles. The molecule has 0 bridgehead atoms. The minimum absolute atomic E-state index is 0.186. The maximum absolute atomic E-state index is 10.7. The first kappa shape index (κ1) is 13.6. The van der Waals surface area contributed by atoms with Crippen LogP contribution >= 0.6 is 0 Å². The number of benzene rings is 1. The molecule has 0 radical (unpaired) electrons. The van der Waals surface area contributed by atoms with Gasteiger partial charge in [0.25, 0.3) is 0 Å². The summed E-state index contributed by atoms with van der Waals surface area (Å²) in [6.45, 7) is 7.68. The first-order chi connectivity index (χ1) is 8.10. The zero-order chi connectivity index (χ0) is 12.8. The van der Waals surface area contributed by atoms with Crippen molar-refractivity contribution in [2.45, 2.75) is 33.6 Å². The van der Waals surface area contributed by atoms with Crippen molar-refractivity contribution in [3.05, 3.63) is 29.3 Å². The second-order valence-electron chi connectivity index (χ2n) is 4.16. The van der Waals surface area contributed by atoms with Gasteiger partial charge in [0.1, 0.15) is 0 Å². The fourth-order valence-electron chi connectivity index (χ4n) is 2.12. The van der Waals surface area contributed by atoms with E-state index in [0.29, 0.717) is 6.54 Å².